The van der Waals surface area contributed by atoms with Gasteiger partial charge in [0.15, 0.2) is 0 Å². The molecule has 9 nitrogen and oxygen atoms in total. The third-order valence-electron chi connectivity index (χ3n) is 6.95. The van der Waals surface area contributed by atoms with E-state index in [2.05, 4.69) is 20.2 Å². The number of nitrogens with one attached hydrogen (secondary N) is 2. The van der Waals surface area contributed by atoms with Gasteiger partial charge in [0, 0.05) is 54.5 Å². The van der Waals surface area contributed by atoms with Crippen LogP contribution in [0.1, 0.15) is 50.6 Å². The van der Waals surface area contributed by atoms with Gasteiger partial charge in [0.05, 0.1) is 30.5 Å². The molecule has 1 unspecified atom stereocenters. The van der Waals surface area contributed by atoms with E-state index in [4.69, 9.17) is 10.5 Å². The summed E-state index contributed by atoms with van der Waals surface area (Å²) >= 11 is 0. The van der Waals surface area contributed by atoms with Crippen molar-refractivity contribution in [2.24, 2.45) is 5.73 Å². The number of pyridine rings is 1. The van der Waals surface area contributed by atoms with Crippen LogP contribution < -0.4 is 11.1 Å². The van der Waals surface area contributed by atoms with Gasteiger partial charge in [0.25, 0.3) is 5.91 Å². The molecule has 1 fully saturated rings. The maximum absolute atomic E-state index is 12.9. The number of hydrogen-bond donors (Lipinski definition) is 4. The maximum atomic E-state index is 12.9. The molecule has 4 aromatic rings. The molecular formula is C29H31N5O4. The fraction of sp³-hybridized carbons (Fsp3) is 0.276. The smallest absolute Gasteiger partial charge is 0.352 e. The standard InChI is InChI=1S/C29H31N5O4/c1-18(32-28(35)20-7-5-19(15-30)6-8-20)23-3-2-4-24-25(27(29(36)37)33-26(23)24)21-9-10-22(31-16-21)17-34-11-13-38-14-12-34/h2-10,16,18,33H,11-15,17,30H2,1H3,(H,32,35)(H,36,37). The highest BCUT2D eigenvalue weighted by Gasteiger charge is 2.23. The number of morpholine rings is 1. The quantitative estimate of drug-likeness (QED) is 0.282. The fourth-order valence-electron chi connectivity index (χ4n) is 4.87. The molecule has 0 aliphatic carbocycles. The predicted octanol–water partition coefficient (Wildman–Crippen LogP) is 3.71. The molecule has 0 radical (unpaired) electrons. The van der Waals surface area contributed by atoms with Gasteiger partial charge in [0.1, 0.15) is 5.69 Å². The van der Waals surface area contributed by atoms with Crippen LogP contribution in [0.5, 0.6) is 0 Å². The molecule has 1 atom stereocenters. The SMILES string of the molecule is CC(NC(=O)c1ccc(CN)cc1)c1cccc2c(-c3ccc(CN4CCOCC4)nc3)c(C(=O)O)[nH]c12. The number of rotatable bonds is 8. The van der Waals surface area contributed by atoms with Crippen molar-refractivity contribution in [2.75, 3.05) is 26.3 Å². The van der Waals surface area contributed by atoms with Crippen LogP contribution in [0.25, 0.3) is 22.0 Å². The number of para-hydroxylation sites is 1. The van der Waals surface area contributed by atoms with E-state index in [9.17, 15) is 14.7 Å². The number of carbonyl (C=O) groups excluding carboxylic acids is 1. The van der Waals surface area contributed by atoms with Gasteiger partial charge in [-0.3, -0.25) is 14.7 Å². The van der Waals surface area contributed by atoms with Gasteiger partial charge in [-0.15, -0.1) is 0 Å². The summed E-state index contributed by atoms with van der Waals surface area (Å²) in [5, 5.41) is 13.8. The van der Waals surface area contributed by atoms with Crippen molar-refractivity contribution in [3.8, 4) is 11.1 Å². The zero-order chi connectivity index (χ0) is 26.6. The first-order valence-corrected chi connectivity index (χ1v) is 12.7. The number of fused-ring (bicyclic) bond motifs is 1. The third kappa shape index (κ3) is 5.31. The van der Waals surface area contributed by atoms with Crippen LogP contribution in [0.2, 0.25) is 0 Å². The number of aromatic carboxylic acids is 1. The van der Waals surface area contributed by atoms with Gasteiger partial charge >= 0.3 is 5.97 Å². The Morgan fingerprint density at radius 1 is 1.13 bits per heavy atom. The number of H-pyrrole nitrogens is 1. The summed E-state index contributed by atoms with van der Waals surface area (Å²) in [6.07, 6.45) is 1.73. The summed E-state index contributed by atoms with van der Waals surface area (Å²) < 4.78 is 5.41. The number of aromatic amines is 1. The Hall–Kier alpha value is -4.05. The molecule has 2 aromatic heterocycles. The van der Waals surface area contributed by atoms with E-state index in [0.29, 0.717) is 28.8 Å². The Bertz CT molecular complexity index is 1440. The highest BCUT2D eigenvalue weighted by Crippen LogP contribution is 2.35. The normalized spacial score (nSPS) is 14.9. The molecule has 5 N–H and O–H groups in total. The number of hydrogen-bond acceptors (Lipinski definition) is 6. The van der Waals surface area contributed by atoms with Crippen LogP contribution in [0.4, 0.5) is 0 Å². The molecule has 196 valence electrons. The van der Waals surface area contributed by atoms with Crippen LogP contribution >= 0.6 is 0 Å². The Labute approximate surface area is 220 Å². The van der Waals surface area contributed by atoms with E-state index in [1.807, 2.05) is 49.4 Å². The molecule has 0 spiro atoms. The number of nitrogens with zero attached hydrogens (tertiary/aromatic N) is 2. The van der Waals surface area contributed by atoms with E-state index in [1.54, 1.807) is 18.3 Å². The van der Waals surface area contributed by atoms with Gasteiger partial charge in [-0.25, -0.2) is 4.79 Å². The first-order valence-electron chi connectivity index (χ1n) is 12.7. The molecular weight excluding hydrogens is 482 g/mol. The lowest BCUT2D eigenvalue weighted by atomic mass is 9.99. The van der Waals surface area contributed by atoms with E-state index in [1.165, 1.54) is 0 Å². The lowest BCUT2D eigenvalue weighted by molar-refractivity contribution is 0.0336. The Morgan fingerprint density at radius 3 is 2.55 bits per heavy atom. The van der Waals surface area contributed by atoms with Crippen LogP contribution in [0.3, 0.4) is 0 Å². The van der Waals surface area contributed by atoms with Crippen LogP contribution in [-0.4, -0.2) is 58.2 Å². The molecule has 1 aliphatic heterocycles. The predicted molar refractivity (Wildman–Crippen MR) is 145 cm³/mol. The summed E-state index contributed by atoms with van der Waals surface area (Å²) in [7, 11) is 0. The number of aromatic nitrogens is 2. The van der Waals surface area contributed by atoms with Gasteiger partial charge in [0.2, 0.25) is 0 Å². The summed E-state index contributed by atoms with van der Waals surface area (Å²) in [5.41, 5.74) is 10.9. The van der Waals surface area contributed by atoms with E-state index < -0.39 is 5.97 Å². The maximum Gasteiger partial charge on any atom is 0.352 e. The molecule has 1 aliphatic rings. The van der Waals surface area contributed by atoms with Gasteiger partial charge in [-0.05, 0) is 36.2 Å². The van der Waals surface area contributed by atoms with E-state index in [0.717, 1.165) is 55.1 Å². The lowest BCUT2D eigenvalue weighted by Crippen LogP contribution is -2.35. The van der Waals surface area contributed by atoms with Crippen molar-refractivity contribution in [1.82, 2.24) is 20.2 Å². The largest absolute Gasteiger partial charge is 0.477 e. The van der Waals surface area contributed by atoms with E-state index in [-0.39, 0.29) is 17.6 Å². The minimum absolute atomic E-state index is 0.0890. The molecule has 1 saturated heterocycles. The highest BCUT2D eigenvalue weighted by atomic mass is 16.5. The molecule has 0 saturated carbocycles. The zero-order valence-corrected chi connectivity index (χ0v) is 21.2. The molecule has 38 heavy (non-hydrogen) atoms. The van der Waals surface area contributed by atoms with Crippen molar-refractivity contribution in [3.05, 3.63) is 88.9 Å². The Balaban J connectivity index is 1.43. The van der Waals surface area contributed by atoms with Crippen molar-refractivity contribution in [2.45, 2.75) is 26.1 Å². The molecule has 0 bridgehead atoms. The Kier molecular flexibility index (Phi) is 7.50. The number of carboxylic acids is 1. The lowest BCUT2D eigenvalue weighted by Gasteiger charge is -2.26. The second kappa shape index (κ2) is 11.1. The first kappa shape index (κ1) is 25.6. The zero-order valence-electron chi connectivity index (χ0n) is 21.2. The van der Waals surface area contributed by atoms with Crippen molar-refractivity contribution >= 4 is 22.8 Å². The number of amides is 1. The number of carbonyl (C=O) groups is 2. The first-order chi connectivity index (χ1) is 18.4. The topological polar surface area (TPSA) is 134 Å². The average Bonchev–Trinajstić information content (AvgIpc) is 3.34. The van der Waals surface area contributed by atoms with Crippen molar-refractivity contribution in [1.29, 1.82) is 0 Å². The highest BCUT2D eigenvalue weighted by molar-refractivity contribution is 6.08. The second-order valence-electron chi connectivity index (χ2n) is 9.47. The molecule has 9 heteroatoms. The molecule has 1 amide bonds. The molecule has 5 rings (SSSR count). The number of benzene rings is 2. The van der Waals surface area contributed by atoms with Crippen LogP contribution in [-0.2, 0) is 17.8 Å². The van der Waals surface area contributed by atoms with E-state index >= 15 is 0 Å². The molecule has 3 heterocycles. The van der Waals surface area contributed by atoms with Gasteiger partial charge in [-0.1, -0.05) is 36.4 Å². The average molecular weight is 514 g/mol. The Morgan fingerprint density at radius 2 is 1.89 bits per heavy atom. The minimum atomic E-state index is -1.06. The number of carboxylic acid groups (broad SMARTS) is 1. The monoisotopic (exact) mass is 513 g/mol. The summed E-state index contributed by atoms with van der Waals surface area (Å²) in [6.45, 7) is 6.18. The second-order valence-corrected chi connectivity index (χ2v) is 9.47. The fourth-order valence-corrected chi connectivity index (χ4v) is 4.87. The van der Waals surface area contributed by atoms with Crippen LogP contribution in [0, 0.1) is 0 Å². The van der Waals surface area contributed by atoms with Crippen molar-refractivity contribution in [3.63, 3.8) is 0 Å². The number of ether oxygens (including phenoxy) is 1. The third-order valence-corrected chi connectivity index (χ3v) is 6.95. The number of nitrogens with two attached hydrogens (primary N) is 1. The van der Waals surface area contributed by atoms with Gasteiger partial charge < -0.3 is 25.9 Å². The minimum Gasteiger partial charge on any atom is -0.477 e. The summed E-state index contributed by atoms with van der Waals surface area (Å²) in [5.74, 6) is -1.28. The van der Waals surface area contributed by atoms with Gasteiger partial charge in [-0.2, -0.15) is 0 Å². The molecule has 2 aromatic carbocycles. The summed E-state index contributed by atoms with van der Waals surface area (Å²) in [4.78, 5) is 35.1. The van der Waals surface area contributed by atoms with Crippen molar-refractivity contribution < 1.29 is 19.4 Å². The van der Waals surface area contributed by atoms with Crippen LogP contribution in [0.15, 0.2) is 60.8 Å². The summed E-state index contributed by atoms with van der Waals surface area (Å²) in [6, 6.07) is 16.3.